The molecule has 0 radical (unpaired) electrons. The first-order valence-electron chi connectivity index (χ1n) is 6.09. The first-order chi connectivity index (χ1) is 8.58. The van der Waals surface area contributed by atoms with Crippen molar-refractivity contribution in [3.8, 4) is 0 Å². The smallest absolute Gasteiger partial charge is 0.280 e. The molecule has 18 heavy (non-hydrogen) atoms. The number of alkyl halides is 1. The first-order valence-corrected chi connectivity index (χ1v) is 8.06. The lowest BCUT2D eigenvalue weighted by Crippen LogP contribution is -2.58. The SMILES string of the molecule is O=S(=O)(NC1(CCl)CCOCC1)N1CCOCC1. The van der Waals surface area contributed by atoms with Crippen LogP contribution < -0.4 is 4.72 Å². The second-order valence-electron chi connectivity index (χ2n) is 4.64. The summed E-state index contributed by atoms with van der Waals surface area (Å²) in [6.45, 7) is 2.75. The summed E-state index contributed by atoms with van der Waals surface area (Å²) < 4.78 is 39.1. The van der Waals surface area contributed by atoms with E-state index in [1.54, 1.807) is 0 Å². The van der Waals surface area contributed by atoms with Gasteiger partial charge in [0.05, 0.1) is 18.8 Å². The van der Waals surface area contributed by atoms with E-state index in [1.165, 1.54) is 4.31 Å². The van der Waals surface area contributed by atoms with E-state index in [1.807, 2.05) is 0 Å². The van der Waals surface area contributed by atoms with Crippen LogP contribution in [0.3, 0.4) is 0 Å². The van der Waals surface area contributed by atoms with Gasteiger partial charge in [-0.2, -0.15) is 17.4 Å². The molecule has 1 N–H and O–H groups in total. The fourth-order valence-corrected chi connectivity index (χ4v) is 4.15. The fraction of sp³-hybridized carbons (Fsp3) is 1.00. The van der Waals surface area contributed by atoms with Crippen LogP contribution in [-0.4, -0.2) is 63.7 Å². The minimum Gasteiger partial charge on any atom is -0.381 e. The van der Waals surface area contributed by atoms with Gasteiger partial charge in [-0.1, -0.05) is 0 Å². The highest BCUT2D eigenvalue weighted by atomic mass is 35.5. The summed E-state index contributed by atoms with van der Waals surface area (Å²) >= 11 is 5.96. The van der Waals surface area contributed by atoms with Crippen LogP contribution in [-0.2, 0) is 19.7 Å². The van der Waals surface area contributed by atoms with Crippen LogP contribution >= 0.6 is 11.6 Å². The monoisotopic (exact) mass is 298 g/mol. The highest BCUT2D eigenvalue weighted by molar-refractivity contribution is 7.87. The Morgan fingerprint density at radius 3 is 2.22 bits per heavy atom. The van der Waals surface area contributed by atoms with Crippen LogP contribution in [0, 0.1) is 0 Å². The van der Waals surface area contributed by atoms with Crippen molar-refractivity contribution in [1.29, 1.82) is 0 Å². The van der Waals surface area contributed by atoms with E-state index in [0.29, 0.717) is 52.4 Å². The largest absolute Gasteiger partial charge is 0.381 e. The Kier molecular flexibility index (Phi) is 4.85. The molecule has 0 aliphatic carbocycles. The van der Waals surface area contributed by atoms with Gasteiger partial charge in [0.1, 0.15) is 0 Å². The average Bonchev–Trinajstić information content (AvgIpc) is 2.40. The molecule has 2 heterocycles. The Bertz CT molecular complexity index is 364. The molecule has 0 spiro atoms. The minimum atomic E-state index is -3.49. The molecule has 0 aromatic heterocycles. The quantitative estimate of drug-likeness (QED) is 0.739. The number of morpholine rings is 1. The number of hydrogen-bond donors (Lipinski definition) is 1. The van der Waals surface area contributed by atoms with Crippen molar-refractivity contribution in [3.05, 3.63) is 0 Å². The van der Waals surface area contributed by atoms with Gasteiger partial charge in [0.2, 0.25) is 0 Å². The van der Waals surface area contributed by atoms with Crippen LogP contribution in [0.4, 0.5) is 0 Å². The van der Waals surface area contributed by atoms with Crippen molar-refractivity contribution in [2.75, 3.05) is 45.4 Å². The van der Waals surface area contributed by atoms with Crippen LogP contribution in [0.5, 0.6) is 0 Å². The fourth-order valence-electron chi connectivity index (χ4n) is 2.15. The molecule has 2 saturated heterocycles. The van der Waals surface area contributed by atoms with E-state index in [4.69, 9.17) is 21.1 Å². The molecule has 0 amide bonds. The van der Waals surface area contributed by atoms with Crippen molar-refractivity contribution in [3.63, 3.8) is 0 Å². The summed E-state index contributed by atoms with van der Waals surface area (Å²) in [7, 11) is -3.49. The lowest BCUT2D eigenvalue weighted by atomic mass is 9.94. The van der Waals surface area contributed by atoms with E-state index < -0.39 is 15.7 Å². The van der Waals surface area contributed by atoms with E-state index in [-0.39, 0.29) is 5.88 Å². The first kappa shape index (κ1) is 14.5. The summed E-state index contributed by atoms with van der Waals surface area (Å²) in [5, 5.41) is 0. The Morgan fingerprint density at radius 2 is 1.67 bits per heavy atom. The number of halogens is 1. The Balaban J connectivity index is 2.05. The maximum atomic E-state index is 12.3. The van der Waals surface area contributed by atoms with E-state index >= 15 is 0 Å². The van der Waals surface area contributed by atoms with Gasteiger partial charge < -0.3 is 9.47 Å². The van der Waals surface area contributed by atoms with Crippen molar-refractivity contribution in [1.82, 2.24) is 9.03 Å². The molecule has 6 nitrogen and oxygen atoms in total. The molecule has 0 saturated carbocycles. The third kappa shape index (κ3) is 3.34. The highest BCUT2D eigenvalue weighted by Gasteiger charge is 2.38. The Morgan fingerprint density at radius 1 is 1.11 bits per heavy atom. The minimum absolute atomic E-state index is 0.264. The van der Waals surface area contributed by atoms with Gasteiger partial charge in [-0.15, -0.1) is 11.6 Å². The topological polar surface area (TPSA) is 67.9 Å². The van der Waals surface area contributed by atoms with Crippen LogP contribution in [0.1, 0.15) is 12.8 Å². The lowest BCUT2D eigenvalue weighted by Gasteiger charge is -2.38. The zero-order valence-corrected chi connectivity index (χ0v) is 11.8. The maximum Gasteiger partial charge on any atom is 0.280 e. The summed E-state index contributed by atoms with van der Waals surface area (Å²) in [5.41, 5.74) is -0.572. The molecule has 0 atom stereocenters. The van der Waals surface area contributed by atoms with Gasteiger partial charge in [-0.05, 0) is 12.8 Å². The molecular formula is C10H19ClN2O4S. The summed E-state index contributed by atoms with van der Waals surface area (Å²) in [6, 6.07) is 0. The van der Waals surface area contributed by atoms with Crippen LogP contribution in [0.25, 0.3) is 0 Å². The van der Waals surface area contributed by atoms with Crippen molar-refractivity contribution >= 4 is 21.8 Å². The molecule has 0 unspecified atom stereocenters. The van der Waals surface area contributed by atoms with Crippen LogP contribution in [0.2, 0.25) is 0 Å². The zero-order valence-electron chi connectivity index (χ0n) is 10.2. The normalized spacial score (nSPS) is 26.1. The average molecular weight is 299 g/mol. The molecule has 2 aliphatic rings. The lowest BCUT2D eigenvalue weighted by molar-refractivity contribution is 0.0513. The van der Waals surface area contributed by atoms with Crippen molar-refractivity contribution in [2.24, 2.45) is 0 Å². The number of nitrogens with zero attached hydrogens (tertiary/aromatic N) is 1. The molecule has 0 aromatic carbocycles. The zero-order chi connectivity index (χ0) is 13.1. The number of ether oxygens (including phenoxy) is 2. The standard InChI is InChI=1S/C10H19ClN2O4S/c11-9-10(1-5-16-6-2-10)12-18(14,15)13-3-7-17-8-4-13/h12H,1-9H2. The van der Waals surface area contributed by atoms with Gasteiger partial charge in [-0.25, -0.2) is 0 Å². The summed E-state index contributed by atoms with van der Waals surface area (Å²) in [5.74, 6) is 0.264. The van der Waals surface area contributed by atoms with Crippen molar-refractivity contribution < 1.29 is 17.9 Å². The van der Waals surface area contributed by atoms with Gasteiger partial charge >= 0.3 is 0 Å². The second kappa shape index (κ2) is 6.02. The number of hydrogen-bond acceptors (Lipinski definition) is 4. The predicted molar refractivity (Wildman–Crippen MR) is 68.0 cm³/mol. The summed E-state index contributed by atoms with van der Waals surface area (Å²) in [4.78, 5) is 0. The van der Waals surface area contributed by atoms with Crippen LogP contribution in [0.15, 0.2) is 0 Å². The number of rotatable bonds is 4. The van der Waals surface area contributed by atoms with Gasteiger partial charge in [-0.3, -0.25) is 0 Å². The summed E-state index contributed by atoms with van der Waals surface area (Å²) in [6.07, 6.45) is 1.22. The second-order valence-corrected chi connectivity index (χ2v) is 6.58. The van der Waals surface area contributed by atoms with E-state index in [2.05, 4.69) is 4.72 Å². The Hall–Kier alpha value is 0.0800. The van der Waals surface area contributed by atoms with Gasteiger partial charge in [0, 0.05) is 32.2 Å². The molecule has 8 heteroatoms. The molecule has 2 fully saturated rings. The van der Waals surface area contributed by atoms with Gasteiger partial charge in [0.15, 0.2) is 0 Å². The Labute approximate surface area is 113 Å². The molecule has 2 rings (SSSR count). The molecule has 0 aromatic rings. The molecule has 106 valence electrons. The van der Waals surface area contributed by atoms with E-state index in [9.17, 15) is 8.42 Å². The van der Waals surface area contributed by atoms with Gasteiger partial charge in [0.25, 0.3) is 10.2 Å². The molecule has 0 bridgehead atoms. The van der Waals surface area contributed by atoms with E-state index in [0.717, 1.165) is 0 Å². The molecule has 2 aliphatic heterocycles. The third-order valence-electron chi connectivity index (χ3n) is 3.36. The number of nitrogens with one attached hydrogen (secondary N) is 1. The maximum absolute atomic E-state index is 12.3. The molecular weight excluding hydrogens is 280 g/mol. The highest BCUT2D eigenvalue weighted by Crippen LogP contribution is 2.24. The van der Waals surface area contributed by atoms with Crippen molar-refractivity contribution in [2.45, 2.75) is 18.4 Å². The predicted octanol–water partition coefficient (Wildman–Crippen LogP) is -0.0590. The third-order valence-corrected chi connectivity index (χ3v) is 5.61.